The van der Waals surface area contributed by atoms with Gasteiger partial charge < -0.3 is 4.90 Å². The summed E-state index contributed by atoms with van der Waals surface area (Å²) in [6.45, 7) is 5.50. The van der Waals surface area contributed by atoms with Gasteiger partial charge >= 0.3 is 0 Å². The molecule has 0 saturated carbocycles. The van der Waals surface area contributed by atoms with Crippen molar-refractivity contribution in [3.8, 4) is 0 Å². The Labute approximate surface area is 181 Å². The molecule has 0 spiro atoms. The number of rotatable bonds is 5. The van der Waals surface area contributed by atoms with Crippen molar-refractivity contribution in [2.75, 3.05) is 18.0 Å². The molecule has 30 heavy (non-hydrogen) atoms. The quantitative estimate of drug-likeness (QED) is 0.560. The van der Waals surface area contributed by atoms with Crippen molar-refractivity contribution in [3.05, 3.63) is 76.0 Å². The van der Waals surface area contributed by atoms with E-state index in [-0.39, 0.29) is 4.90 Å². The third kappa shape index (κ3) is 4.42. The van der Waals surface area contributed by atoms with Gasteiger partial charge in [-0.25, -0.2) is 17.8 Å². The largest absolute Gasteiger partial charge is 0.348 e. The van der Waals surface area contributed by atoms with Crippen molar-refractivity contribution in [2.24, 2.45) is 0 Å². The molecule has 0 atom stereocenters. The van der Waals surface area contributed by atoms with Crippen LogP contribution in [-0.4, -0.2) is 31.7 Å². The first-order valence-electron chi connectivity index (χ1n) is 10.1. The fourth-order valence-electron chi connectivity index (χ4n) is 3.84. The highest BCUT2D eigenvalue weighted by atomic mass is 32.2. The van der Waals surface area contributed by atoms with E-state index >= 15 is 0 Å². The van der Waals surface area contributed by atoms with E-state index in [1.807, 2.05) is 0 Å². The van der Waals surface area contributed by atoms with Gasteiger partial charge in [-0.15, -0.1) is 11.3 Å². The summed E-state index contributed by atoms with van der Waals surface area (Å²) in [5.41, 5.74) is 4.85. The van der Waals surface area contributed by atoms with E-state index in [1.54, 1.807) is 11.3 Å². The minimum atomic E-state index is -3.52. The third-order valence-corrected chi connectivity index (χ3v) is 8.98. The first-order chi connectivity index (χ1) is 14.3. The van der Waals surface area contributed by atoms with Crippen LogP contribution in [0.2, 0.25) is 0 Å². The van der Waals surface area contributed by atoms with Gasteiger partial charge in [-0.2, -0.15) is 0 Å². The molecule has 3 aromatic rings. The zero-order chi connectivity index (χ0) is 21.3. The molecule has 1 aromatic heterocycles. The van der Waals surface area contributed by atoms with Crippen molar-refractivity contribution in [3.63, 3.8) is 0 Å². The van der Waals surface area contributed by atoms with Crippen LogP contribution in [0.4, 0.5) is 9.52 Å². The molecule has 0 radical (unpaired) electrons. The van der Waals surface area contributed by atoms with Crippen LogP contribution in [0.1, 0.15) is 35.2 Å². The van der Waals surface area contributed by atoms with E-state index in [9.17, 15) is 12.8 Å². The van der Waals surface area contributed by atoms with Crippen LogP contribution in [0.3, 0.4) is 0 Å². The predicted octanol–water partition coefficient (Wildman–Crippen LogP) is 4.93. The fourth-order valence-corrected chi connectivity index (χ4v) is 6.48. The van der Waals surface area contributed by atoms with Gasteiger partial charge in [0.1, 0.15) is 5.82 Å². The molecule has 1 saturated heterocycles. The molecule has 4 rings (SSSR count). The Morgan fingerprint density at radius 1 is 1.10 bits per heavy atom. The lowest BCUT2D eigenvalue weighted by Crippen LogP contribution is -2.39. The van der Waals surface area contributed by atoms with Crippen LogP contribution in [0.5, 0.6) is 0 Å². The molecule has 0 amide bonds. The van der Waals surface area contributed by atoms with Crippen molar-refractivity contribution in [1.29, 1.82) is 0 Å². The minimum Gasteiger partial charge on any atom is -0.348 e. The monoisotopic (exact) mass is 444 g/mol. The van der Waals surface area contributed by atoms with Crippen LogP contribution in [0, 0.1) is 19.7 Å². The highest BCUT2D eigenvalue weighted by Crippen LogP contribution is 2.30. The number of halogens is 1. The molecule has 0 aliphatic carbocycles. The van der Waals surface area contributed by atoms with E-state index in [4.69, 9.17) is 4.98 Å². The number of aryl methyl sites for hydroxylation is 2. The molecule has 1 aliphatic rings. The predicted molar refractivity (Wildman–Crippen MR) is 120 cm³/mol. The number of hydrogen-bond acceptors (Lipinski definition) is 5. The number of nitrogens with zero attached hydrogens (tertiary/aromatic N) is 2. The number of aromatic nitrogens is 1. The lowest BCUT2D eigenvalue weighted by molar-refractivity contribution is 0.528. The van der Waals surface area contributed by atoms with E-state index in [1.165, 1.54) is 34.9 Å². The van der Waals surface area contributed by atoms with Gasteiger partial charge in [0, 0.05) is 24.9 Å². The third-order valence-electron chi connectivity index (χ3n) is 5.77. The van der Waals surface area contributed by atoms with Gasteiger partial charge in [-0.05, 0) is 61.6 Å². The Bertz CT molecular complexity index is 1150. The highest BCUT2D eigenvalue weighted by molar-refractivity contribution is 7.92. The van der Waals surface area contributed by atoms with Crippen LogP contribution in [0.15, 0.2) is 52.7 Å². The van der Waals surface area contributed by atoms with Gasteiger partial charge in [0.2, 0.25) is 0 Å². The minimum absolute atomic E-state index is 0.0749. The maximum absolute atomic E-state index is 13.5. The molecule has 1 fully saturated rings. The SMILES string of the molecule is Cc1ccc(Cc2csc(N3CCC(S(=O)(=O)c4cccc(F)c4)CC3)n2)cc1C. The molecule has 0 unspecified atom stereocenters. The van der Waals surface area contributed by atoms with Gasteiger partial charge in [0.15, 0.2) is 15.0 Å². The summed E-state index contributed by atoms with van der Waals surface area (Å²) in [6.07, 6.45) is 1.83. The number of sulfone groups is 1. The maximum Gasteiger partial charge on any atom is 0.185 e. The van der Waals surface area contributed by atoms with Gasteiger partial charge in [0.05, 0.1) is 15.8 Å². The van der Waals surface area contributed by atoms with E-state index < -0.39 is 20.9 Å². The summed E-state index contributed by atoms with van der Waals surface area (Å²) in [5, 5.41) is 2.54. The first-order valence-corrected chi connectivity index (χ1v) is 12.5. The number of anilines is 1. The topological polar surface area (TPSA) is 50.3 Å². The van der Waals surface area contributed by atoms with Gasteiger partial charge in [0.25, 0.3) is 0 Å². The van der Waals surface area contributed by atoms with E-state index in [2.05, 4.69) is 42.3 Å². The molecule has 158 valence electrons. The zero-order valence-corrected chi connectivity index (χ0v) is 18.8. The molecule has 4 nitrogen and oxygen atoms in total. The average molecular weight is 445 g/mol. The maximum atomic E-state index is 13.5. The summed E-state index contributed by atoms with van der Waals surface area (Å²) in [5.74, 6) is -0.521. The van der Waals surface area contributed by atoms with E-state index in [0.29, 0.717) is 25.9 Å². The lowest BCUT2D eigenvalue weighted by Gasteiger charge is -2.31. The van der Waals surface area contributed by atoms with Crippen LogP contribution in [-0.2, 0) is 16.3 Å². The average Bonchev–Trinajstić information content (AvgIpc) is 3.19. The molecule has 2 heterocycles. The summed E-state index contributed by atoms with van der Waals surface area (Å²) >= 11 is 1.61. The molecule has 0 N–H and O–H groups in total. The summed E-state index contributed by atoms with van der Waals surface area (Å²) in [4.78, 5) is 7.02. The van der Waals surface area contributed by atoms with Gasteiger partial charge in [-0.3, -0.25) is 0 Å². The Balaban J connectivity index is 1.40. The van der Waals surface area contributed by atoms with Crippen molar-refractivity contribution in [2.45, 2.75) is 43.3 Å². The Morgan fingerprint density at radius 2 is 1.87 bits per heavy atom. The number of hydrogen-bond donors (Lipinski definition) is 0. The smallest absolute Gasteiger partial charge is 0.185 e. The molecule has 2 aromatic carbocycles. The molecule has 7 heteroatoms. The van der Waals surface area contributed by atoms with E-state index in [0.717, 1.165) is 23.3 Å². The lowest BCUT2D eigenvalue weighted by atomic mass is 10.0. The van der Waals surface area contributed by atoms with Crippen LogP contribution < -0.4 is 4.90 Å². The second-order valence-electron chi connectivity index (χ2n) is 7.91. The second kappa shape index (κ2) is 8.47. The highest BCUT2D eigenvalue weighted by Gasteiger charge is 2.32. The summed E-state index contributed by atoms with van der Waals surface area (Å²) in [7, 11) is -3.52. The van der Waals surface area contributed by atoms with Crippen LogP contribution in [0.25, 0.3) is 0 Å². The Kier molecular flexibility index (Phi) is 5.93. The summed E-state index contributed by atoms with van der Waals surface area (Å²) in [6, 6.07) is 11.8. The zero-order valence-electron chi connectivity index (χ0n) is 17.1. The Hall–Kier alpha value is -2.25. The van der Waals surface area contributed by atoms with Crippen molar-refractivity contribution < 1.29 is 12.8 Å². The number of thiazole rings is 1. The van der Waals surface area contributed by atoms with Crippen molar-refractivity contribution >= 4 is 26.3 Å². The van der Waals surface area contributed by atoms with Crippen molar-refractivity contribution in [1.82, 2.24) is 4.98 Å². The standard InChI is InChI=1S/C23H25FN2O2S2/c1-16-6-7-18(12-17(16)2)13-20-15-29-23(25-20)26-10-8-21(9-11-26)30(27,28)22-5-3-4-19(24)14-22/h3-7,12,14-15,21H,8-11,13H2,1-2H3. The molecule has 1 aliphatic heterocycles. The Morgan fingerprint density at radius 3 is 2.57 bits per heavy atom. The molecule has 0 bridgehead atoms. The van der Waals surface area contributed by atoms with Crippen LogP contribution >= 0.6 is 11.3 Å². The first kappa shape index (κ1) is 21.0. The number of piperidine rings is 1. The number of benzene rings is 2. The summed E-state index contributed by atoms with van der Waals surface area (Å²) < 4.78 is 39.2. The molecular formula is C23H25FN2O2S2. The normalized spacial score (nSPS) is 15.5. The van der Waals surface area contributed by atoms with Gasteiger partial charge in [-0.1, -0.05) is 24.3 Å². The fraction of sp³-hybridized carbons (Fsp3) is 0.348. The second-order valence-corrected chi connectivity index (χ2v) is 11.0. The molecular weight excluding hydrogens is 419 g/mol.